The minimum absolute atomic E-state index is 0.183. The van der Waals surface area contributed by atoms with Crippen LogP contribution in [0.25, 0.3) is 0 Å². The van der Waals surface area contributed by atoms with Gasteiger partial charge < -0.3 is 4.43 Å². The number of likely N-dealkylation sites (N-methyl/N-ethyl adjacent to an activating group) is 3. The van der Waals surface area contributed by atoms with Crippen LogP contribution in [0.3, 0.4) is 0 Å². The van der Waals surface area contributed by atoms with Crippen molar-refractivity contribution in [2.75, 3.05) is 21.1 Å². The predicted molar refractivity (Wildman–Crippen MR) is 69.6 cm³/mol. The summed E-state index contributed by atoms with van der Waals surface area (Å²) in [6.45, 7) is 3.33. The van der Waals surface area contributed by atoms with Crippen molar-refractivity contribution in [3.63, 3.8) is 0 Å². The van der Waals surface area contributed by atoms with E-state index in [4.69, 9.17) is 4.43 Å². The van der Waals surface area contributed by atoms with Crippen molar-refractivity contribution in [2.24, 2.45) is 0 Å². The predicted octanol–water partition coefficient (Wildman–Crippen LogP) is -2.10. The van der Waals surface area contributed by atoms with Gasteiger partial charge in [0.25, 0.3) is 0 Å². The van der Waals surface area contributed by atoms with Gasteiger partial charge in [0.1, 0.15) is 16.1 Å². The minimum Gasteiger partial charge on any atom is -0.405 e. The fourth-order valence-electron chi connectivity index (χ4n) is 1.25. The quantitative estimate of drug-likeness (QED) is 0.264. The maximum Gasteiger partial charge on any atom is 0.185 e. The van der Waals surface area contributed by atoms with Crippen LogP contribution >= 0.6 is 0 Å². The molecule has 1 unspecified atom stereocenters. The molecular weight excluding hydrogens is 238 g/mol. The molecule has 7 heteroatoms. The van der Waals surface area contributed by atoms with Crippen LogP contribution in [0.2, 0.25) is 0 Å². The first kappa shape index (κ1) is 16.4. The normalized spacial score (nSPS) is 15.6. The van der Waals surface area contributed by atoms with Gasteiger partial charge in [-0.1, -0.05) is 0 Å². The topological polar surface area (TPSA) is 79.5 Å². The lowest BCUT2D eigenvalue weighted by molar-refractivity contribution is -0.140. The van der Waals surface area contributed by atoms with Crippen LogP contribution < -0.4 is 16.0 Å². The van der Waals surface area contributed by atoms with Crippen molar-refractivity contribution in [1.29, 1.82) is 0 Å². The second-order valence-electron chi connectivity index (χ2n) is 4.14. The molecule has 0 fully saturated rings. The summed E-state index contributed by atoms with van der Waals surface area (Å²) in [7, 11) is 5.39. The largest absolute Gasteiger partial charge is 0.405 e. The van der Waals surface area contributed by atoms with Gasteiger partial charge in [0.05, 0.1) is 6.42 Å². The Labute approximate surface area is 105 Å². The van der Waals surface area contributed by atoms with Gasteiger partial charge in [-0.2, -0.15) is 0 Å². The van der Waals surface area contributed by atoms with Gasteiger partial charge >= 0.3 is 0 Å². The Hall–Kier alpha value is -0.603. The van der Waals surface area contributed by atoms with E-state index in [9.17, 15) is 9.59 Å². The number of carbonyl (C=O) groups is 2. The lowest BCUT2D eigenvalue weighted by Gasteiger charge is -2.30. The van der Waals surface area contributed by atoms with Gasteiger partial charge in [0, 0.05) is 0 Å². The van der Waals surface area contributed by atoms with E-state index in [1.54, 1.807) is 35.0 Å². The molecule has 17 heavy (non-hydrogen) atoms. The summed E-state index contributed by atoms with van der Waals surface area (Å²) in [6, 6.07) is 0. The van der Waals surface area contributed by atoms with Gasteiger partial charge in [0.2, 0.25) is 0 Å². The Bertz CT molecular complexity index is 261. The van der Waals surface area contributed by atoms with E-state index < -0.39 is 11.4 Å². The monoisotopic (exact) mass is 261 g/mol. The summed E-state index contributed by atoms with van der Waals surface area (Å²) < 4.78 is 5.21. The molecule has 1 atom stereocenters. The fourth-order valence-corrected chi connectivity index (χ4v) is 1.68. The Balaban J connectivity index is 4.76. The highest BCUT2D eigenvalue weighted by Crippen LogP contribution is 2.11. The Morgan fingerprint density at radius 3 is 1.82 bits per heavy atom. The van der Waals surface area contributed by atoms with E-state index in [0.717, 1.165) is 0 Å². The highest BCUT2D eigenvalue weighted by molar-refractivity contribution is 6.08. The zero-order chi connectivity index (χ0) is 13.7. The first-order valence-corrected chi connectivity index (χ1v) is 6.29. The van der Waals surface area contributed by atoms with Gasteiger partial charge in [-0.25, -0.2) is 0 Å². The van der Waals surface area contributed by atoms with E-state index in [-0.39, 0.29) is 18.0 Å². The molecule has 3 N–H and O–H groups in total. The van der Waals surface area contributed by atoms with Crippen LogP contribution in [0.5, 0.6) is 0 Å². The summed E-state index contributed by atoms with van der Waals surface area (Å²) in [5.74, 6) is -0.482. The molecule has 0 radical (unpaired) electrons. The van der Waals surface area contributed by atoms with Crippen LogP contribution in [0.15, 0.2) is 0 Å². The Morgan fingerprint density at radius 2 is 1.53 bits per heavy atom. The Kier molecular flexibility index (Phi) is 6.14. The number of Topliss-reactive ketones (excluding diaryl/α,β-unsaturated/α-hetero) is 2. The lowest BCUT2D eigenvalue weighted by Crippen LogP contribution is -2.59. The average Bonchev–Trinajstić information content (AvgIpc) is 2.36. The third kappa shape index (κ3) is 3.68. The molecule has 0 spiro atoms. The van der Waals surface area contributed by atoms with Gasteiger partial charge in [-0.3, -0.25) is 25.5 Å². The molecular formula is C10H23N3O3Si. The van der Waals surface area contributed by atoms with Crippen molar-refractivity contribution in [2.45, 2.75) is 31.7 Å². The first-order valence-electron chi connectivity index (χ1n) is 5.48. The summed E-state index contributed by atoms with van der Waals surface area (Å²) >= 11 is 0. The minimum atomic E-state index is -1.07. The number of hydrogen-bond acceptors (Lipinski definition) is 6. The van der Waals surface area contributed by atoms with E-state index >= 15 is 0 Å². The molecule has 0 aromatic heterocycles. The van der Waals surface area contributed by atoms with Crippen LogP contribution in [0.1, 0.15) is 20.3 Å². The van der Waals surface area contributed by atoms with Gasteiger partial charge in [-0.15, -0.1) is 0 Å². The highest BCUT2D eigenvalue weighted by Gasteiger charge is 2.37. The summed E-state index contributed by atoms with van der Waals surface area (Å²) in [6.07, 6.45) is -0.183. The number of ketones is 2. The molecule has 0 aromatic carbocycles. The molecule has 100 valence electrons. The molecule has 0 saturated carbocycles. The molecule has 0 bridgehead atoms. The number of hydrogen-bond donors (Lipinski definition) is 3. The summed E-state index contributed by atoms with van der Waals surface area (Å²) in [5, 5.41) is 8.50. The fraction of sp³-hybridized carbons (Fsp3) is 0.800. The molecule has 0 amide bonds. The van der Waals surface area contributed by atoms with Crippen molar-refractivity contribution in [3.8, 4) is 0 Å². The van der Waals surface area contributed by atoms with Crippen molar-refractivity contribution < 1.29 is 14.0 Å². The van der Waals surface area contributed by atoms with Crippen LogP contribution in [-0.2, 0) is 14.0 Å². The number of carbonyl (C=O) groups excluding carboxylic acids is 2. The SMILES string of the molecule is CNC(C)(NC)C(=O)CC(=O)C(C)(NC)O[SiH3]. The molecule has 0 aliphatic heterocycles. The average molecular weight is 261 g/mol. The van der Waals surface area contributed by atoms with E-state index in [1.165, 1.54) is 0 Å². The molecule has 0 aromatic rings. The maximum absolute atomic E-state index is 12.0. The zero-order valence-corrected chi connectivity index (χ0v) is 13.4. The molecule has 0 heterocycles. The molecule has 0 saturated heterocycles. The van der Waals surface area contributed by atoms with Crippen molar-refractivity contribution >= 4 is 22.1 Å². The van der Waals surface area contributed by atoms with E-state index in [0.29, 0.717) is 10.5 Å². The van der Waals surface area contributed by atoms with E-state index in [2.05, 4.69) is 16.0 Å². The van der Waals surface area contributed by atoms with Crippen molar-refractivity contribution in [3.05, 3.63) is 0 Å². The second kappa shape index (κ2) is 6.36. The Morgan fingerprint density at radius 1 is 1.06 bits per heavy atom. The smallest absolute Gasteiger partial charge is 0.185 e. The first-order chi connectivity index (χ1) is 7.79. The lowest BCUT2D eigenvalue weighted by atomic mass is 9.98. The molecule has 6 nitrogen and oxygen atoms in total. The molecule has 0 aliphatic carbocycles. The third-order valence-electron chi connectivity index (χ3n) is 3.30. The maximum atomic E-state index is 12.0. The molecule has 0 rings (SSSR count). The van der Waals surface area contributed by atoms with Crippen LogP contribution in [0.4, 0.5) is 0 Å². The zero-order valence-electron chi connectivity index (χ0n) is 11.4. The number of rotatable bonds is 8. The van der Waals surface area contributed by atoms with Gasteiger partial charge in [0.15, 0.2) is 17.3 Å². The van der Waals surface area contributed by atoms with Crippen LogP contribution in [0, 0.1) is 0 Å². The number of nitrogens with one attached hydrogen (secondary N) is 3. The third-order valence-corrected chi connectivity index (χ3v) is 4.11. The molecule has 0 aliphatic rings. The van der Waals surface area contributed by atoms with Gasteiger partial charge in [-0.05, 0) is 35.0 Å². The standard InChI is InChI=1S/C10H23N3O3Si/c1-9(11-3,12-4)7(14)6-8(15)10(2,13-5)16-17/h11-13H,6H2,1-5,17H3. The van der Waals surface area contributed by atoms with Crippen LogP contribution in [-0.4, -0.2) is 54.6 Å². The summed E-state index contributed by atoms with van der Waals surface area (Å²) in [4.78, 5) is 24.0. The van der Waals surface area contributed by atoms with E-state index in [1.807, 2.05) is 0 Å². The van der Waals surface area contributed by atoms with Crippen molar-refractivity contribution in [1.82, 2.24) is 16.0 Å². The second-order valence-corrected chi connectivity index (χ2v) is 4.54. The summed E-state index contributed by atoms with van der Waals surface area (Å²) in [5.41, 5.74) is -1.96. The highest BCUT2D eigenvalue weighted by atomic mass is 28.2.